The predicted molar refractivity (Wildman–Crippen MR) is 118 cm³/mol. The van der Waals surface area contributed by atoms with Crippen molar-refractivity contribution in [3.63, 3.8) is 0 Å². The van der Waals surface area contributed by atoms with Gasteiger partial charge in [0.15, 0.2) is 6.61 Å². The molecule has 2 fully saturated rings. The summed E-state index contributed by atoms with van der Waals surface area (Å²) in [6, 6.07) is 7.31. The van der Waals surface area contributed by atoms with Crippen LogP contribution in [0.25, 0.3) is 0 Å². The highest BCUT2D eigenvalue weighted by atomic mass is 16.5. The third kappa shape index (κ3) is 8.03. The Labute approximate surface area is 183 Å². The average molecular weight is 429 g/mol. The molecule has 2 saturated carbocycles. The fourth-order valence-corrected chi connectivity index (χ4v) is 4.03. The monoisotopic (exact) mass is 428 g/mol. The molecule has 3 amide bonds. The van der Waals surface area contributed by atoms with Gasteiger partial charge in [-0.25, -0.2) is 5.43 Å². The SMILES string of the molecule is O=C(COc1ccc(/C=N\NC(=O)C(=O)NC2CCCCC2)cc1)NC1CCCCC1. The molecule has 0 spiro atoms. The van der Waals surface area contributed by atoms with E-state index in [1.165, 1.54) is 31.9 Å². The Kier molecular flexibility index (Phi) is 8.87. The van der Waals surface area contributed by atoms with Crippen molar-refractivity contribution in [1.82, 2.24) is 16.1 Å². The zero-order valence-electron chi connectivity index (χ0n) is 17.9. The molecule has 1 aromatic rings. The van der Waals surface area contributed by atoms with Gasteiger partial charge in [0.2, 0.25) is 0 Å². The minimum Gasteiger partial charge on any atom is -0.484 e. The fourth-order valence-electron chi connectivity index (χ4n) is 4.03. The summed E-state index contributed by atoms with van der Waals surface area (Å²) in [7, 11) is 0. The first-order chi connectivity index (χ1) is 15.1. The van der Waals surface area contributed by atoms with E-state index in [0.29, 0.717) is 5.75 Å². The highest BCUT2D eigenvalue weighted by Crippen LogP contribution is 2.18. The van der Waals surface area contributed by atoms with Crippen LogP contribution in [-0.4, -0.2) is 42.6 Å². The molecule has 0 aliphatic heterocycles. The molecule has 1 aromatic carbocycles. The molecule has 0 aromatic heterocycles. The lowest BCUT2D eigenvalue weighted by molar-refractivity contribution is -0.139. The van der Waals surface area contributed by atoms with Crippen molar-refractivity contribution in [3.8, 4) is 5.75 Å². The van der Waals surface area contributed by atoms with Gasteiger partial charge in [0.25, 0.3) is 5.91 Å². The number of amides is 3. The van der Waals surface area contributed by atoms with Crippen LogP contribution in [-0.2, 0) is 14.4 Å². The number of hydrazone groups is 1. The number of carbonyl (C=O) groups excluding carboxylic acids is 3. The zero-order valence-corrected chi connectivity index (χ0v) is 17.9. The predicted octanol–water partition coefficient (Wildman–Crippen LogP) is 2.41. The van der Waals surface area contributed by atoms with Crippen molar-refractivity contribution in [1.29, 1.82) is 0 Å². The number of hydrogen-bond donors (Lipinski definition) is 3. The van der Waals surface area contributed by atoms with Gasteiger partial charge in [-0.3, -0.25) is 14.4 Å². The third-order valence-electron chi connectivity index (χ3n) is 5.75. The molecule has 0 bridgehead atoms. The molecule has 0 heterocycles. The Bertz CT molecular complexity index is 766. The van der Waals surface area contributed by atoms with Gasteiger partial charge in [0, 0.05) is 12.1 Å². The molecule has 3 rings (SSSR count). The lowest BCUT2D eigenvalue weighted by atomic mass is 9.95. The number of rotatable bonds is 7. The topological polar surface area (TPSA) is 109 Å². The van der Waals surface area contributed by atoms with Gasteiger partial charge in [-0.15, -0.1) is 0 Å². The van der Waals surface area contributed by atoms with Gasteiger partial charge < -0.3 is 15.4 Å². The number of hydrogen-bond acceptors (Lipinski definition) is 5. The van der Waals surface area contributed by atoms with E-state index in [-0.39, 0.29) is 24.6 Å². The van der Waals surface area contributed by atoms with Crippen molar-refractivity contribution in [3.05, 3.63) is 29.8 Å². The number of nitrogens with zero attached hydrogens (tertiary/aromatic N) is 1. The van der Waals surface area contributed by atoms with Crippen LogP contribution >= 0.6 is 0 Å². The largest absolute Gasteiger partial charge is 0.484 e. The van der Waals surface area contributed by atoms with Crippen molar-refractivity contribution in [2.24, 2.45) is 5.10 Å². The van der Waals surface area contributed by atoms with Crippen molar-refractivity contribution in [2.45, 2.75) is 76.3 Å². The molecule has 2 aliphatic carbocycles. The van der Waals surface area contributed by atoms with Crippen LogP contribution in [0.4, 0.5) is 0 Å². The Balaban J connectivity index is 1.36. The smallest absolute Gasteiger partial charge is 0.329 e. The zero-order chi connectivity index (χ0) is 21.9. The van der Waals surface area contributed by atoms with Crippen LogP contribution in [0.15, 0.2) is 29.4 Å². The van der Waals surface area contributed by atoms with E-state index in [2.05, 4.69) is 21.2 Å². The molecular weight excluding hydrogens is 396 g/mol. The van der Waals surface area contributed by atoms with E-state index < -0.39 is 11.8 Å². The second-order valence-electron chi connectivity index (χ2n) is 8.27. The normalized spacial score (nSPS) is 17.8. The maximum atomic E-state index is 12.0. The van der Waals surface area contributed by atoms with Gasteiger partial charge in [0.1, 0.15) is 5.75 Å². The molecule has 0 radical (unpaired) electrons. The van der Waals surface area contributed by atoms with Gasteiger partial charge in [-0.2, -0.15) is 5.10 Å². The molecule has 31 heavy (non-hydrogen) atoms. The van der Waals surface area contributed by atoms with E-state index >= 15 is 0 Å². The number of carbonyl (C=O) groups is 3. The maximum absolute atomic E-state index is 12.0. The highest BCUT2D eigenvalue weighted by molar-refractivity contribution is 6.35. The molecule has 168 valence electrons. The minimum absolute atomic E-state index is 0.0178. The number of ether oxygens (including phenoxy) is 1. The summed E-state index contributed by atoms with van der Waals surface area (Å²) in [5.41, 5.74) is 2.98. The molecule has 0 saturated heterocycles. The summed E-state index contributed by atoms with van der Waals surface area (Å²) in [4.78, 5) is 35.8. The Morgan fingerprint density at radius 2 is 1.42 bits per heavy atom. The van der Waals surface area contributed by atoms with Gasteiger partial charge in [-0.1, -0.05) is 38.5 Å². The summed E-state index contributed by atoms with van der Waals surface area (Å²) in [6.07, 6.45) is 12.3. The van der Waals surface area contributed by atoms with Crippen LogP contribution in [0.2, 0.25) is 0 Å². The molecule has 0 unspecified atom stereocenters. The molecule has 8 heteroatoms. The Hall–Kier alpha value is -2.90. The second-order valence-corrected chi connectivity index (χ2v) is 8.27. The van der Waals surface area contributed by atoms with E-state index in [1.54, 1.807) is 24.3 Å². The quantitative estimate of drug-likeness (QED) is 0.352. The first-order valence-corrected chi connectivity index (χ1v) is 11.3. The number of nitrogens with one attached hydrogen (secondary N) is 3. The van der Waals surface area contributed by atoms with E-state index in [9.17, 15) is 14.4 Å². The van der Waals surface area contributed by atoms with Crippen LogP contribution in [0.3, 0.4) is 0 Å². The molecule has 8 nitrogen and oxygen atoms in total. The van der Waals surface area contributed by atoms with Crippen molar-refractivity contribution >= 4 is 23.9 Å². The molecule has 2 aliphatic rings. The number of benzene rings is 1. The van der Waals surface area contributed by atoms with E-state index in [4.69, 9.17) is 4.74 Å². The van der Waals surface area contributed by atoms with Crippen LogP contribution in [0, 0.1) is 0 Å². The standard InChI is InChI=1S/C23H32N4O4/c28-21(25-18-7-3-1-4-8-18)16-31-20-13-11-17(12-14-20)15-24-27-23(30)22(29)26-19-9-5-2-6-10-19/h11-15,18-19H,1-10,16H2,(H,25,28)(H,26,29)(H,27,30)/b24-15-. The maximum Gasteiger partial charge on any atom is 0.329 e. The Morgan fingerprint density at radius 3 is 2.03 bits per heavy atom. The average Bonchev–Trinajstić information content (AvgIpc) is 2.80. The lowest BCUT2D eigenvalue weighted by Gasteiger charge is -2.22. The molecule has 3 N–H and O–H groups in total. The van der Waals surface area contributed by atoms with Gasteiger partial charge in [-0.05, 0) is 55.5 Å². The third-order valence-corrected chi connectivity index (χ3v) is 5.75. The van der Waals surface area contributed by atoms with Crippen LogP contribution in [0.5, 0.6) is 5.75 Å². The molecular formula is C23H32N4O4. The minimum atomic E-state index is -0.772. The summed E-state index contributed by atoms with van der Waals surface area (Å²) < 4.78 is 5.53. The molecule has 0 atom stereocenters. The van der Waals surface area contributed by atoms with E-state index in [0.717, 1.165) is 44.1 Å². The summed E-state index contributed by atoms with van der Waals surface area (Å²) in [5.74, 6) is -0.955. The van der Waals surface area contributed by atoms with Crippen molar-refractivity contribution in [2.75, 3.05) is 6.61 Å². The van der Waals surface area contributed by atoms with Crippen molar-refractivity contribution < 1.29 is 19.1 Å². The van der Waals surface area contributed by atoms with Crippen LogP contribution < -0.4 is 20.8 Å². The first kappa shape index (κ1) is 22.8. The highest BCUT2D eigenvalue weighted by Gasteiger charge is 2.20. The second kappa shape index (κ2) is 12.1. The first-order valence-electron chi connectivity index (χ1n) is 11.3. The van der Waals surface area contributed by atoms with Gasteiger partial charge in [0.05, 0.1) is 6.21 Å². The summed E-state index contributed by atoms with van der Waals surface area (Å²) in [6.45, 7) is -0.0178. The Morgan fingerprint density at radius 1 is 0.839 bits per heavy atom. The van der Waals surface area contributed by atoms with Crippen LogP contribution in [0.1, 0.15) is 69.8 Å². The lowest BCUT2D eigenvalue weighted by Crippen LogP contribution is -2.44. The summed E-state index contributed by atoms with van der Waals surface area (Å²) >= 11 is 0. The summed E-state index contributed by atoms with van der Waals surface area (Å²) in [5, 5.41) is 9.60. The van der Waals surface area contributed by atoms with Gasteiger partial charge >= 0.3 is 11.8 Å². The fraction of sp³-hybridized carbons (Fsp3) is 0.565. The van der Waals surface area contributed by atoms with E-state index in [1.807, 2.05) is 0 Å².